The first-order valence-corrected chi connectivity index (χ1v) is 3.18. The Morgan fingerprint density at radius 3 is 2.36 bits per heavy atom. The van der Waals surface area contributed by atoms with Crippen LogP contribution in [-0.2, 0) is 4.79 Å². The van der Waals surface area contributed by atoms with Gasteiger partial charge in [0.25, 0.3) is 6.43 Å². The lowest BCUT2D eigenvalue weighted by atomic mass is 10.2. The van der Waals surface area contributed by atoms with Gasteiger partial charge in [0.2, 0.25) is 5.24 Å². The predicted octanol–water partition coefficient (Wildman–Crippen LogP) is 2.52. The van der Waals surface area contributed by atoms with Crippen molar-refractivity contribution in [2.24, 2.45) is 0 Å². The van der Waals surface area contributed by atoms with Gasteiger partial charge >= 0.3 is 0 Å². The molecule has 0 heterocycles. The Morgan fingerprint density at radius 2 is 2.09 bits per heavy atom. The van der Waals surface area contributed by atoms with Crippen LogP contribution in [0.25, 0.3) is 0 Å². The van der Waals surface area contributed by atoms with Gasteiger partial charge in [-0.05, 0) is 24.6 Å². The third-order valence-electron chi connectivity index (χ3n) is 0.992. The van der Waals surface area contributed by atoms with Crippen LogP contribution in [0, 0.1) is 0 Å². The van der Waals surface area contributed by atoms with Crippen molar-refractivity contribution in [3.63, 3.8) is 0 Å². The number of alkyl halides is 2. The lowest BCUT2D eigenvalue weighted by Gasteiger charge is -1.97. The minimum absolute atomic E-state index is 0.0666. The van der Waals surface area contributed by atoms with Crippen LogP contribution in [0.2, 0.25) is 0 Å². The van der Waals surface area contributed by atoms with E-state index in [1.165, 1.54) is 6.92 Å². The quantitative estimate of drug-likeness (QED) is 0.371. The minimum atomic E-state index is -2.64. The van der Waals surface area contributed by atoms with E-state index < -0.39 is 17.2 Å². The van der Waals surface area contributed by atoms with Crippen LogP contribution in [0.1, 0.15) is 6.92 Å². The molecule has 0 aliphatic heterocycles. The van der Waals surface area contributed by atoms with E-state index in [1.54, 1.807) is 0 Å². The van der Waals surface area contributed by atoms with Gasteiger partial charge < -0.3 is 0 Å². The zero-order valence-electron chi connectivity index (χ0n) is 5.90. The summed E-state index contributed by atoms with van der Waals surface area (Å²) in [6.07, 6.45) is -1.67. The van der Waals surface area contributed by atoms with Crippen LogP contribution in [0.4, 0.5) is 8.78 Å². The van der Waals surface area contributed by atoms with E-state index in [1.807, 2.05) is 0 Å². The molecule has 0 saturated carbocycles. The molecule has 0 spiro atoms. The van der Waals surface area contributed by atoms with Gasteiger partial charge in [-0.15, -0.1) is 0 Å². The van der Waals surface area contributed by atoms with Gasteiger partial charge in [0.15, 0.2) is 0 Å². The summed E-state index contributed by atoms with van der Waals surface area (Å²) >= 11 is 4.98. The van der Waals surface area contributed by atoms with E-state index in [4.69, 9.17) is 11.6 Å². The van der Waals surface area contributed by atoms with Crippen molar-refractivity contribution >= 4 is 16.8 Å². The van der Waals surface area contributed by atoms with E-state index in [9.17, 15) is 13.6 Å². The molecule has 0 aliphatic carbocycles. The van der Waals surface area contributed by atoms with Crippen molar-refractivity contribution in [3.05, 3.63) is 23.8 Å². The van der Waals surface area contributed by atoms with Crippen molar-refractivity contribution in [2.45, 2.75) is 13.3 Å². The summed E-state index contributed by atoms with van der Waals surface area (Å²) in [6, 6.07) is 0. The summed E-state index contributed by atoms with van der Waals surface area (Å²) in [6.45, 7) is 4.39. The average molecular weight is 181 g/mol. The highest BCUT2D eigenvalue weighted by molar-refractivity contribution is 6.67. The molecule has 0 unspecified atom stereocenters. The molecule has 0 fully saturated rings. The summed E-state index contributed by atoms with van der Waals surface area (Å²) in [4.78, 5) is 10.3. The molecule has 0 radical (unpaired) electrons. The Bertz CT molecular complexity index is 208. The van der Waals surface area contributed by atoms with Gasteiger partial charge in [0.05, 0.1) is 0 Å². The second kappa shape index (κ2) is 4.23. The summed E-state index contributed by atoms with van der Waals surface area (Å²) in [5.41, 5.74) is -0.339. The van der Waals surface area contributed by atoms with Crippen molar-refractivity contribution in [1.82, 2.24) is 0 Å². The molecule has 0 N–H and O–H groups in total. The Kier molecular flexibility index (Phi) is 3.97. The second-order valence-electron chi connectivity index (χ2n) is 1.98. The normalized spacial score (nSPS) is 11.9. The van der Waals surface area contributed by atoms with E-state index in [0.717, 1.165) is 6.08 Å². The maximum Gasteiger partial charge on any atom is 0.263 e. The SMILES string of the molecule is C=C(C=C(C)C(=O)Cl)C(F)F. The topological polar surface area (TPSA) is 17.1 Å². The Morgan fingerprint density at radius 1 is 1.64 bits per heavy atom. The highest BCUT2D eigenvalue weighted by Crippen LogP contribution is 2.11. The number of hydrogen-bond donors (Lipinski definition) is 0. The molecule has 0 aromatic carbocycles. The summed E-state index contributed by atoms with van der Waals surface area (Å²) in [5, 5.41) is -0.744. The van der Waals surface area contributed by atoms with Crippen LogP contribution < -0.4 is 0 Å². The maximum absolute atomic E-state index is 11.8. The molecule has 1 nitrogen and oxygen atoms in total. The highest BCUT2D eigenvalue weighted by Gasteiger charge is 2.07. The average Bonchev–Trinajstić information content (AvgIpc) is 1.87. The van der Waals surface area contributed by atoms with Gasteiger partial charge in [-0.2, -0.15) is 0 Å². The van der Waals surface area contributed by atoms with Gasteiger partial charge in [-0.1, -0.05) is 6.58 Å². The monoisotopic (exact) mass is 180 g/mol. The van der Waals surface area contributed by atoms with Crippen LogP contribution in [0.15, 0.2) is 23.8 Å². The van der Waals surface area contributed by atoms with Gasteiger partial charge in [-0.3, -0.25) is 4.79 Å². The van der Waals surface area contributed by atoms with Crippen LogP contribution >= 0.6 is 11.6 Å². The molecule has 0 rings (SSSR count). The lowest BCUT2D eigenvalue weighted by Crippen LogP contribution is -1.95. The second-order valence-corrected chi connectivity index (χ2v) is 2.32. The highest BCUT2D eigenvalue weighted by atomic mass is 35.5. The third kappa shape index (κ3) is 3.88. The Hall–Kier alpha value is -0.700. The molecular formula is C7H7ClF2O. The minimum Gasteiger partial charge on any atom is -0.276 e. The first-order chi connectivity index (χ1) is 4.95. The fourth-order valence-electron chi connectivity index (χ4n) is 0.398. The van der Waals surface area contributed by atoms with Crippen LogP contribution in [0.5, 0.6) is 0 Å². The Balaban J connectivity index is 4.32. The van der Waals surface area contributed by atoms with E-state index in [0.29, 0.717) is 0 Å². The molecular weight excluding hydrogens is 174 g/mol. The van der Waals surface area contributed by atoms with Crippen LogP contribution in [0.3, 0.4) is 0 Å². The van der Waals surface area contributed by atoms with E-state index >= 15 is 0 Å². The van der Waals surface area contributed by atoms with Gasteiger partial charge in [-0.25, -0.2) is 8.78 Å². The molecule has 11 heavy (non-hydrogen) atoms. The van der Waals surface area contributed by atoms with Crippen LogP contribution in [-0.4, -0.2) is 11.7 Å². The fourth-order valence-corrected chi connectivity index (χ4v) is 0.452. The number of carbonyl (C=O) groups excluding carboxylic acids is 1. The number of halogens is 3. The summed E-state index contributed by atoms with van der Waals surface area (Å²) in [7, 11) is 0. The first kappa shape index (κ1) is 10.3. The van der Waals surface area contributed by atoms with Crippen molar-refractivity contribution in [2.75, 3.05) is 0 Å². The predicted molar refractivity (Wildman–Crippen MR) is 39.8 cm³/mol. The first-order valence-electron chi connectivity index (χ1n) is 2.80. The van der Waals surface area contributed by atoms with E-state index in [2.05, 4.69) is 6.58 Å². The molecule has 0 amide bonds. The number of hydrogen-bond acceptors (Lipinski definition) is 1. The van der Waals surface area contributed by atoms with Gasteiger partial charge in [0, 0.05) is 11.1 Å². The molecule has 0 atom stereocenters. The Labute approximate surface area is 68.3 Å². The maximum atomic E-state index is 11.8. The molecule has 0 aliphatic rings. The fraction of sp³-hybridized carbons (Fsp3) is 0.286. The number of rotatable bonds is 3. The van der Waals surface area contributed by atoms with Crippen molar-refractivity contribution in [3.8, 4) is 0 Å². The largest absolute Gasteiger partial charge is 0.276 e. The van der Waals surface area contributed by atoms with Gasteiger partial charge in [0.1, 0.15) is 0 Å². The van der Waals surface area contributed by atoms with E-state index in [-0.39, 0.29) is 5.57 Å². The molecule has 0 bridgehead atoms. The molecule has 0 aromatic heterocycles. The third-order valence-corrected chi connectivity index (χ3v) is 1.29. The molecule has 62 valence electrons. The zero-order valence-corrected chi connectivity index (χ0v) is 6.66. The zero-order chi connectivity index (χ0) is 9.02. The molecule has 0 saturated heterocycles. The summed E-state index contributed by atoms with van der Waals surface area (Å²) in [5.74, 6) is 0. The molecule has 0 aromatic rings. The molecule has 4 heteroatoms. The smallest absolute Gasteiger partial charge is 0.263 e. The standard InChI is InChI=1S/C7H7ClF2O/c1-4(6(8)11)3-5(2)7(9)10/h3,7H,2H2,1H3. The number of allylic oxidation sites excluding steroid dienone is 3. The van der Waals surface area contributed by atoms with Crippen molar-refractivity contribution in [1.29, 1.82) is 0 Å². The van der Waals surface area contributed by atoms with Crippen molar-refractivity contribution < 1.29 is 13.6 Å². The summed E-state index contributed by atoms with van der Waals surface area (Å²) < 4.78 is 23.5. The lowest BCUT2D eigenvalue weighted by molar-refractivity contribution is -0.108. The number of carbonyl (C=O) groups is 1.